The molecule has 14 rings (SSSR count). The Morgan fingerprint density at radius 3 is 1.51 bits per heavy atom. The minimum atomic E-state index is -0.495. The van der Waals surface area contributed by atoms with E-state index < -0.39 is 5.41 Å². The molecule has 1 aromatic heterocycles. The van der Waals surface area contributed by atoms with Gasteiger partial charge in [0.15, 0.2) is 0 Å². The van der Waals surface area contributed by atoms with E-state index in [1.165, 1.54) is 66.0 Å². The molecule has 0 amide bonds. The summed E-state index contributed by atoms with van der Waals surface area (Å²) < 4.78 is 27.5. The zero-order valence-electron chi connectivity index (χ0n) is 59.3. The van der Waals surface area contributed by atoms with Crippen LogP contribution in [-0.4, -0.2) is 37.1 Å². The van der Waals surface area contributed by atoms with Crippen LogP contribution in [0.1, 0.15) is 123 Å². The fourth-order valence-electron chi connectivity index (χ4n) is 14.9. The number of ether oxygens (including phenoxy) is 4. The molecule has 0 saturated heterocycles. The highest BCUT2D eigenvalue weighted by atomic mass is 16.5. The van der Waals surface area contributed by atoms with E-state index in [4.69, 9.17) is 18.9 Å². The van der Waals surface area contributed by atoms with E-state index in [1.54, 1.807) is 0 Å². The molecule has 0 fully saturated rings. The van der Waals surface area contributed by atoms with Crippen molar-refractivity contribution < 1.29 is 18.9 Å². The third-order valence-corrected chi connectivity index (χ3v) is 20.5. The number of fused-ring (bicyclic) bond motifs is 6. The van der Waals surface area contributed by atoms with E-state index >= 15 is 0 Å². The molecule has 2 unspecified atom stereocenters. The molecule has 510 valence electrons. The number of aromatic nitrogens is 1. The van der Waals surface area contributed by atoms with Gasteiger partial charge in [-0.3, -0.25) is 0 Å². The van der Waals surface area contributed by atoms with Gasteiger partial charge in [-0.2, -0.15) is 0 Å². The maximum Gasteiger partial charge on any atom is 0.119 e. The summed E-state index contributed by atoms with van der Waals surface area (Å²) in [5.74, 6) is 2.68. The largest absolute Gasteiger partial charge is 0.494 e. The van der Waals surface area contributed by atoms with Crippen LogP contribution < -0.4 is 29.7 Å². The highest BCUT2D eigenvalue weighted by Gasteiger charge is 2.45. The van der Waals surface area contributed by atoms with Crippen molar-refractivity contribution in [3.63, 3.8) is 0 Å². The Hall–Kier alpha value is -10.9. The molecule has 0 bridgehead atoms. The Morgan fingerprint density at radius 2 is 0.941 bits per heavy atom. The molecule has 0 spiro atoms. The van der Waals surface area contributed by atoms with E-state index in [0.717, 1.165) is 138 Å². The molecular formula is C96H92N2O4. The molecule has 1 heterocycles. The highest BCUT2D eigenvalue weighted by molar-refractivity contribution is 5.91. The first-order valence-electron chi connectivity index (χ1n) is 36.6. The summed E-state index contributed by atoms with van der Waals surface area (Å²) in [6, 6.07) is 95.6. The SMILES string of the molecule is C=Cc1ccc(CC2(c3ccc(C(C)(C)C)cc3)c3ccccc3-c3ccc(N(c4ccc(-c5ccccc5)cc4)c4ccc(-c5ccc6c(c5)c5c(n6-c6ccc(OCCCCCCOc7ccc(C=C)cc7)cc6)=CCC(OCCCCCCOc6ccc(C=C)cc6)C=5)cc4)cc32)cc1. The maximum absolute atomic E-state index is 6.72. The molecule has 0 radical (unpaired) electrons. The fraction of sp³-hybridized carbons (Fsp3) is 0.208. The molecule has 2 atom stereocenters. The van der Waals surface area contributed by atoms with Gasteiger partial charge in [-0.05, 0) is 244 Å². The van der Waals surface area contributed by atoms with Gasteiger partial charge in [0.05, 0.1) is 36.9 Å². The Morgan fingerprint density at radius 1 is 0.451 bits per heavy atom. The van der Waals surface area contributed by atoms with Gasteiger partial charge in [0.1, 0.15) is 17.2 Å². The second kappa shape index (κ2) is 31.3. The lowest BCUT2D eigenvalue weighted by Crippen LogP contribution is -2.34. The third-order valence-electron chi connectivity index (χ3n) is 20.5. The molecule has 6 heteroatoms. The van der Waals surface area contributed by atoms with Gasteiger partial charge in [-0.1, -0.05) is 235 Å². The normalized spacial score (nSPS) is 14.4. The number of benzene rings is 11. The van der Waals surface area contributed by atoms with Crippen molar-refractivity contribution >= 4 is 58.3 Å². The van der Waals surface area contributed by atoms with Crippen molar-refractivity contribution in [2.24, 2.45) is 0 Å². The van der Waals surface area contributed by atoms with Crippen molar-refractivity contribution in [1.29, 1.82) is 0 Å². The predicted octanol–water partition coefficient (Wildman–Crippen LogP) is 23.2. The standard InChI is InChI=1S/C96H92N2O4/c1-7-69-27-29-72(30-28-69)68-96(78-42-40-77(41-43-78)95(4,5)6)91-26-18-17-25-87(91)88-58-50-82(66-92(88)96)97(79-44-35-74(36-45-79)73-23-15-14-16-24-73)80-46-37-75(38-47-80)76-39-59-93-89(65-76)90-67-86(102-64-22-13-12-20-62-100-84-53-33-71(9-3)34-54-84)57-60-94(90)98(93)81-48-55-85(56-49-81)101-63-21-11-10-19-61-99-83-51-31-70(8-2)32-52-83/h7-9,14-18,23-56,58-60,65-67,86H,1-3,10-13,19-22,57,61-64,68H2,4-6H3. The van der Waals surface area contributed by atoms with Crippen LogP contribution in [0.5, 0.6) is 17.2 Å². The first-order chi connectivity index (χ1) is 50.0. The molecule has 102 heavy (non-hydrogen) atoms. The molecule has 11 aromatic carbocycles. The molecule has 12 aromatic rings. The molecule has 2 aliphatic carbocycles. The Labute approximate surface area is 603 Å². The van der Waals surface area contributed by atoms with Gasteiger partial charge < -0.3 is 28.4 Å². The lowest BCUT2D eigenvalue weighted by molar-refractivity contribution is 0.0947. The Bertz CT molecular complexity index is 4990. The molecule has 0 N–H and O–H groups in total. The van der Waals surface area contributed by atoms with Crippen LogP contribution in [-0.2, 0) is 22.0 Å². The molecule has 6 nitrogen and oxygen atoms in total. The van der Waals surface area contributed by atoms with E-state index in [2.05, 4.69) is 274 Å². The van der Waals surface area contributed by atoms with Gasteiger partial charge in [0.25, 0.3) is 0 Å². The van der Waals surface area contributed by atoms with Crippen molar-refractivity contribution in [2.45, 2.75) is 102 Å². The summed E-state index contributed by atoms with van der Waals surface area (Å²) >= 11 is 0. The zero-order valence-corrected chi connectivity index (χ0v) is 59.3. The Kier molecular flexibility index (Phi) is 20.9. The summed E-state index contributed by atoms with van der Waals surface area (Å²) in [4.78, 5) is 2.44. The Balaban J connectivity index is 0.765. The first kappa shape index (κ1) is 68.2. The quantitative estimate of drug-likeness (QED) is 0.0420. The molecule has 0 saturated carbocycles. The third kappa shape index (κ3) is 15.1. The number of rotatable bonds is 30. The summed E-state index contributed by atoms with van der Waals surface area (Å²) in [6.07, 6.45) is 20.3. The van der Waals surface area contributed by atoms with Gasteiger partial charge >= 0.3 is 0 Å². The van der Waals surface area contributed by atoms with E-state index in [1.807, 2.05) is 66.8 Å². The molecule has 2 aliphatic rings. The van der Waals surface area contributed by atoms with E-state index in [0.29, 0.717) is 26.4 Å². The summed E-state index contributed by atoms with van der Waals surface area (Å²) in [6.45, 7) is 21.5. The lowest BCUT2D eigenvalue weighted by Gasteiger charge is -2.35. The van der Waals surface area contributed by atoms with Gasteiger partial charge in [-0.15, -0.1) is 0 Å². The smallest absolute Gasteiger partial charge is 0.119 e. The topological polar surface area (TPSA) is 45.1 Å². The minimum Gasteiger partial charge on any atom is -0.494 e. The minimum absolute atomic E-state index is 0.00730. The number of anilines is 3. The van der Waals surface area contributed by atoms with Gasteiger partial charge in [-0.25, -0.2) is 0 Å². The van der Waals surface area contributed by atoms with Crippen molar-refractivity contribution in [3.05, 3.63) is 336 Å². The number of hydrogen-bond donors (Lipinski definition) is 0. The van der Waals surface area contributed by atoms with Crippen molar-refractivity contribution in [2.75, 3.05) is 31.3 Å². The van der Waals surface area contributed by atoms with Crippen LogP contribution in [0, 0.1) is 0 Å². The van der Waals surface area contributed by atoms with Crippen LogP contribution in [0.4, 0.5) is 17.1 Å². The zero-order chi connectivity index (χ0) is 69.8. The maximum atomic E-state index is 6.72. The average Bonchev–Trinajstić information content (AvgIpc) is 1.54. The van der Waals surface area contributed by atoms with Crippen molar-refractivity contribution in [1.82, 2.24) is 4.57 Å². The van der Waals surface area contributed by atoms with Crippen molar-refractivity contribution in [3.8, 4) is 56.3 Å². The van der Waals surface area contributed by atoms with Crippen LogP contribution >= 0.6 is 0 Å². The van der Waals surface area contributed by atoms with E-state index in [-0.39, 0.29) is 11.5 Å². The number of unbranched alkanes of at least 4 members (excludes halogenated alkanes) is 6. The lowest BCUT2D eigenvalue weighted by atomic mass is 9.68. The first-order valence-corrected chi connectivity index (χ1v) is 36.6. The number of nitrogens with zero attached hydrogens (tertiary/aromatic N) is 2. The van der Waals surface area contributed by atoms with Crippen LogP contribution in [0.3, 0.4) is 0 Å². The molecular weight excluding hydrogens is 1250 g/mol. The summed E-state index contributed by atoms with van der Waals surface area (Å²) in [5.41, 5.74) is 22.0. The highest BCUT2D eigenvalue weighted by Crippen LogP contribution is 2.56. The fourth-order valence-corrected chi connectivity index (χ4v) is 14.9. The van der Waals surface area contributed by atoms with Gasteiger partial charge in [0, 0.05) is 45.3 Å². The predicted molar refractivity (Wildman–Crippen MR) is 429 cm³/mol. The number of hydrogen-bond acceptors (Lipinski definition) is 5. The molecule has 0 aliphatic heterocycles. The summed E-state index contributed by atoms with van der Waals surface area (Å²) in [5, 5.41) is 3.58. The second-order valence-electron chi connectivity index (χ2n) is 28.2. The van der Waals surface area contributed by atoms with Crippen LogP contribution in [0.2, 0.25) is 0 Å². The average molecular weight is 1340 g/mol. The monoisotopic (exact) mass is 1340 g/mol. The van der Waals surface area contributed by atoms with Crippen LogP contribution in [0.25, 0.3) is 80.4 Å². The van der Waals surface area contributed by atoms with Gasteiger partial charge in [0.2, 0.25) is 0 Å². The second-order valence-corrected chi connectivity index (χ2v) is 28.2. The van der Waals surface area contributed by atoms with E-state index in [9.17, 15) is 0 Å². The summed E-state index contributed by atoms with van der Waals surface area (Å²) in [7, 11) is 0. The van der Waals surface area contributed by atoms with Crippen LogP contribution in [0.15, 0.2) is 281 Å².